The summed E-state index contributed by atoms with van der Waals surface area (Å²) in [6.45, 7) is 7.60. The molecule has 0 spiro atoms. The first kappa shape index (κ1) is 12.4. The summed E-state index contributed by atoms with van der Waals surface area (Å²) in [5, 5.41) is 14.6. The first-order valence-corrected chi connectivity index (χ1v) is 6.44. The van der Waals surface area contributed by atoms with Gasteiger partial charge < -0.3 is 5.73 Å². The maximum absolute atomic E-state index is 12.6. The van der Waals surface area contributed by atoms with Gasteiger partial charge in [-0.15, -0.1) is 10.3 Å². The van der Waals surface area contributed by atoms with Crippen LogP contribution in [-0.2, 0) is 16.3 Å². The van der Waals surface area contributed by atoms with E-state index >= 15 is 0 Å². The first-order chi connectivity index (χ1) is 8.78. The SMILES string of the molecule is CC1(C)c2nc3ccccc3c(N)c2C(C)(C)N1[O]. The fourth-order valence-corrected chi connectivity index (χ4v) is 3.20. The summed E-state index contributed by atoms with van der Waals surface area (Å²) in [6, 6.07) is 7.76. The largest absolute Gasteiger partial charge is 0.398 e. The standard InChI is InChI=1S/C15H18N3O/c1-14(2)11-12(16)9-7-5-6-8-10(9)17-13(11)15(3,4)18(14)19/h5-8H,1-4H3,(H2,16,17). The van der Waals surface area contributed by atoms with Crippen LogP contribution in [0.5, 0.6) is 0 Å². The molecule has 2 heterocycles. The zero-order valence-corrected chi connectivity index (χ0v) is 11.7. The van der Waals surface area contributed by atoms with E-state index in [4.69, 9.17) is 10.7 Å². The van der Waals surface area contributed by atoms with Crippen LogP contribution in [0.2, 0.25) is 0 Å². The van der Waals surface area contributed by atoms with Crippen LogP contribution < -0.4 is 5.73 Å². The molecule has 19 heavy (non-hydrogen) atoms. The van der Waals surface area contributed by atoms with Crippen LogP contribution in [0.15, 0.2) is 24.3 Å². The van der Waals surface area contributed by atoms with Crippen molar-refractivity contribution in [3.05, 3.63) is 35.5 Å². The highest BCUT2D eigenvalue weighted by molar-refractivity contribution is 5.93. The van der Waals surface area contributed by atoms with Gasteiger partial charge in [-0.25, -0.2) is 0 Å². The van der Waals surface area contributed by atoms with Gasteiger partial charge in [0.05, 0.1) is 22.3 Å². The number of nitrogens with two attached hydrogens (primary N) is 1. The summed E-state index contributed by atoms with van der Waals surface area (Å²) in [6.07, 6.45) is 0. The van der Waals surface area contributed by atoms with Crippen LogP contribution in [0, 0.1) is 0 Å². The summed E-state index contributed by atoms with van der Waals surface area (Å²) in [7, 11) is 0. The van der Waals surface area contributed by atoms with E-state index in [9.17, 15) is 5.21 Å². The third kappa shape index (κ3) is 1.38. The number of benzene rings is 1. The lowest BCUT2D eigenvalue weighted by atomic mass is 9.91. The highest BCUT2D eigenvalue weighted by Crippen LogP contribution is 2.50. The van der Waals surface area contributed by atoms with Gasteiger partial charge in [-0.05, 0) is 33.8 Å². The fraction of sp³-hybridized carbons (Fsp3) is 0.400. The molecule has 1 aliphatic rings. The van der Waals surface area contributed by atoms with Crippen molar-refractivity contribution in [2.45, 2.75) is 38.8 Å². The second kappa shape index (κ2) is 3.46. The Morgan fingerprint density at radius 1 is 1.11 bits per heavy atom. The second-order valence-electron chi connectivity index (χ2n) is 6.18. The number of rotatable bonds is 0. The lowest BCUT2D eigenvalue weighted by molar-refractivity contribution is -0.266. The van der Waals surface area contributed by atoms with Crippen LogP contribution in [0.3, 0.4) is 0 Å². The Bertz CT molecular complexity index is 676. The molecule has 2 N–H and O–H groups in total. The van der Waals surface area contributed by atoms with Crippen molar-refractivity contribution in [2.75, 3.05) is 5.73 Å². The van der Waals surface area contributed by atoms with Gasteiger partial charge in [0.25, 0.3) is 0 Å². The Balaban J connectivity index is 2.47. The number of anilines is 1. The maximum atomic E-state index is 12.6. The van der Waals surface area contributed by atoms with Gasteiger partial charge in [0.1, 0.15) is 0 Å². The van der Waals surface area contributed by atoms with Crippen molar-refractivity contribution in [1.82, 2.24) is 10.0 Å². The minimum Gasteiger partial charge on any atom is -0.398 e. The highest BCUT2D eigenvalue weighted by atomic mass is 16.5. The van der Waals surface area contributed by atoms with E-state index in [1.807, 2.05) is 52.0 Å². The van der Waals surface area contributed by atoms with Crippen LogP contribution in [0.4, 0.5) is 5.69 Å². The van der Waals surface area contributed by atoms with E-state index in [1.165, 1.54) is 0 Å². The van der Waals surface area contributed by atoms with Gasteiger partial charge in [0.15, 0.2) is 0 Å². The van der Waals surface area contributed by atoms with E-state index < -0.39 is 11.1 Å². The lowest BCUT2D eigenvalue weighted by Gasteiger charge is -2.31. The molecule has 4 heteroatoms. The van der Waals surface area contributed by atoms with E-state index in [0.717, 1.165) is 27.2 Å². The predicted molar refractivity (Wildman–Crippen MR) is 74.7 cm³/mol. The normalized spacial score (nSPS) is 20.7. The maximum Gasteiger partial charge on any atom is 0.0870 e. The number of hydrogen-bond acceptors (Lipinski definition) is 3. The number of pyridine rings is 1. The van der Waals surface area contributed by atoms with Gasteiger partial charge >= 0.3 is 0 Å². The highest BCUT2D eigenvalue weighted by Gasteiger charge is 2.52. The van der Waals surface area contributed by atoms with Crippen molar-refractivity contribution in [2.24, 2.45) is 0 Å². The number of para-hydroxylation sites is 1. The van der Waals surface area contributed by atoms with E-state index in [1.54, 1.807) is 0 Å². The number of hydroxylamine groups is 2. The zero-order chi connectivity index (χ0) is 14.0. The van der Waals surface area contributed by atoms with Crippen LogP contribution in [0.1, 0.15) is 39.0 Å². The monoisotopic (exact) mass is 256 g/mol. The van der Waals surface area contributed by atoms with Crippen LogP contribution in [-0.4, -0.2) is 10.0 Å². The molecule has 1 radical (unpaired) electrons. The third-order valence-electron chi connectivity index (χ3n) is 4.14. The number of nitrogens with zero attached hydrogens (tertiary/aromatic N) is 2. The van der Waals surface area contributed by atoms with E-state index in [-0.39, 0.29) is 0 Å². The molecule has 0 saturated heterocycles. The topological polar surface area (TPSA) is 62.0 Å². The molecule has 1 aromatic heterocycles. The predicted octanol–water partition coefficient (Wildman–Crippen LogP) is 2.95. The van der Waals surface area contributed by atoms with Gasteiger partial charge in [0, 0.05) is 16.6 Å². The Morgan fingerprint density at radius 3 is 2.42 bits per heavy atom. The Labute approximate surface area is 112 Å². The van der Waals surface area contributed by atoms with Crippen molar-refractivity contribution in [1.29, 1.82) is 0 Å². The number of nitrogen functional groups attached to an aromatic ring is 1. The van der Waals surface area contributed by atoms with Crippen molar-refractivity contribution in [3.8, 4) is 0 Å². The van der Waals surface area contributed by atoms with Crippen molar-refractivity contribution < 1.29 is 5.21 Å². The Morgan fingerprint density at radius 2 is 1.74 bits per heavy atom. The number of fused-ring (bicyclic) bond motifs is 2. The molecule has 99 valence electrons. The quantitative estimate of drug-likeness (QED) is 0.788. The van der Waals surface area contributed by atoms with Crippen LogP contribution in [0.25, 0.3) is 10.9 Å². The molecule has 0 atom stereocenters. The molecule has 0 saturated carbocycles. The summed E-state index contributed by atoms with van der Waals surface area (Å²) < 4.78 is 0. The zero-order valence-electron chi connectivity index (χ0n) is 11.7. The van der Waals surface area contributed by atoms with Crippen molar-refractivity contribution in [3.63, 3.8) is 0 Å². The summed E-state index contributed by atoms with van der Waals surface area (Å²) in [5.74, 6) is 0. The van der Waals surface area contributed by atoms with Crippen LogP contribution >= 0.6 is 0 Å². The molecular formula is C15H18N3O. The molecule has 0 unspecified atom stereocenters. The molecule has 0 bridgehead atoms. The molecule has 0 fully saturated rings. The lowest BCUT2D eigenvalue weighted by Crippen LogP contribution is -2.41. The van der Waals surface area contributed by atoms with E-state index in [0.29, 0.717) is 5.69 Å². The van der Waals surface area contributed by atoms with Gasteiger partial charge in [-0.3, -0.25) is 4.98 Å². The minimum absolute atomic E-state index is 0.653. The summed E-state index contributed by atoms with van der Waals surface area (Å²) in [4.78, 5) is 4.69. The average Bonchev–Trinajstić information content (AvgIpc) is 2.49. The molecule has 0 aliphatic carbocycles. The minimum atomic E-state index is -0.656. The Hall–Kier alpha value is -1.65. The van der Waals surface area contributed by atoms with Gasteiger partial charge in [-0.2, -0.15) is 0 Å². The first-order valence-electron chi connectivity index (χ1n) is 6.44. The van der Waals surface area contributed by atoms with Gasteiger partial charge in [-0.1, -0.05) is 18.2 Å². The van der Waals surface area contributed by atoms with Crippen molar-refractivity contribution >= 4 is 16.6 Å². The molecule has 1 aromatic carbocycles. The van der Waals surface area contributed by atoms with Gasteiger partial charge in [0.2, 0.25) is 0 Å². The number of hydrogen-bond donors (Lipinski definition) is 1. The fourth-order valence-electron chi connectivity index (χ4n) is 3.20. The molecule has 0 amide bonds. The number of aromatic nitrogens is 1. The molecule has 3 rings (SSSR count). The molecule has 1 aliphatic heterocycles. The molecule has 4 nitrogen and oxygen atoms in total. The molecular weight excluding hydrogens is 238 g/mol. The summed E-state index contributed by atoms with van der Waals surface area (Å²) in [5.41, 5.74) is 8.20. The molecule has 2 aromatic rings. The third-order valence-corrected chi connectivity index (χ3v) is 4.14. The average molecular weight is 256 g/mol. The van der Waals surface area contributed by atoms with E-state index in [2.05, 4.69) is 0 Å². The second-order valence-corrected chi connectivity index (χ2v) is 6.18. The smallest absolute Gasteiger partial charge is 0.0870 e. The summed E-state index contributed by atoms with van der Waals surface area (Å²) >= 11 is 0. The Kier molecular flexibility index (Phi) is 2.26.